The van der Waals surface area contributed by atoms with Crippen LogP contribution in [-0.2, 0) is 0 Å². The van der Waals surface area contributed by atoms with Crippen LogP contribution >= 0.6 is 0 Å². The second kappa shape index (κ2) is 5.55. The molecule has 0 heterocycles. The lowest BCUT2D eigenvalue weighted by Crippen LogP contribution is -2.41. The van der Waals surface area contributed by atoms with E-state index in [4.69, 9.17) is 11.5 Å². The lowest BCUT2D eigenvalue weighted by molar-refractivity contribution is 0.413. The van der Waals surface area contributed by atoms with E-state index in [-0.39, 0.29) is 12.1 Å². The minimum Gasteiger partial charge on any atom is -0.326 e. The first-order valence-corrected chi connectivity index (χ1v) is 5.32. The molecule has 12 heavy (non-hydrogen) atoms. The summed E-state index contributed by atoms with van der Waals surface area (Å²) in [6.45, 7) is 0. The van der Waals surface area contributed by atoms with Crippen molar-refractivity contribution in [2.75, 3.05) is 0 Å². The van der Waals surface area contributed by atoms with Crippen LogP contribution in [0, 0.1) is 0 Å². The highest BCUT2D eigenvalue weighted by molar-refractivity contribution is 4.76. The van der Waals surface area contributed by atoms with Crippen molar-refractivity contribution in [3.8, 4) is 0 Å². The van der Waals surface area contributed by atoms with E-state index in [1.165, 1.54) is 38.5 Å². The van der Waals surface area contributed by atoms with Crippen molar-refractivity contribution in [3.05, 3.63) is 0 Å². The Labute approximate surface area is 75.7 Å². The molecule has 0 unspecified atom stereocenters. The Bertz CT molecular complexity index is 100. The summed E-state index contributed by atoms with van der Waals surface area (Å²) in [4.78, 5) is 0. The number of hydrogen-bond donors (Lipinski definition) is 2. The highest BCUT2D eigenvalue weighted by Gasteiger charge is 2.13. The third-order valence-corrected chi connectivity index (χ3v) is 2.87. The van der Waals surface area contributed by atoms with Crippen LogP contribution in [0.1, 0.15) is 51.4 Å². The minimum absolute atomic E-state index is 0.253. The van der Waals surface area contributed by atoms with E-state index in [9.17, 15) is 0 Å². The fourth-order valence-electron chi connectivity index (χ4n) is 1.90. The van der Waals surface area contributed by atoms with E-state index in [2.05, 4.69) is 0 Å². The van der Waals surface area contributed by atoms with E-state index >= 15 is 0 Å². The van der Waals surface area contributed by atoms with Gasteiger partial charge in [0, 0.05) is 12.1 Å². The number of rotatable bonds is 0. The maximum absolute atomic E-state index is 5.94. The van der Waals surface area contributed by atoms with Crippen molar-refractivity contribution in [1.29, 1.82) is 0 Å². The molecule has 72 valence electrons. The van der Waals surface area contributed by atoms with Crippen LogP contribution in [0.3, 0.4) is 0 Å². The van der Waals surface area contributed by atoms with Gasteiger partial charge in [-0.3, -0.25) is 0 Å². The monoisotopic (exact) mass is 170 g/mol. The van der Waals surface area contributed by atoms with Crippen molar-refractivity contribution < 1.29 is 0 Å². The van der Waals surface area contributed by atoms with E-state index < -0.39 is 0 Å². The first-order valence-electron chi connectivity index (χ1n) is 5.32. The highest BCUT2D eigenvalue weighted by Crippen LogP contribution is 2.15. The lowest BCUT2D eigenvalue weighted by atomic mass is 9.95. The molecule has 0 spiro atoms. The predicted octanol–water partition coefficient (Wildman–Crippen LogP) is 1.78. The normalized spacial score (nSPS) is 34.5. The predicted molar refractivity (Wildman–Crippen MR) is 52.9 cm³/mol. The largest absolute Gasteiger partial charge is 0.326 e. The molecule has 2 heteroatoms. The molecule has 0 aliphatic heterocycles. The van der Waals surface area contributed by atoms with Gasteiger partial charge < -0.3 is 11.5 Å². The molecule has 0 radical (unpaired) electrons. The lowest BCUT2D eigenvalue weighted by Gasteiger charge is -2.20. The quantitative estimate of drug-likeness (QED) is 0.582. The van der Waals surface area contributed by atoms with Gasteiger partial charge in [-0.1, -0.05) is 38.5 Å². The first kappa shape index (κ1) is 10.0. The minimum atomic E-state index is 0.253. The van der Waals surface area contributed by atoms with Gasteiger partial charge in [-0.25, -0.2) is 0 Å². The molecular formula is C10H22N2. The Morgan fingerprint density at radius 2 is 0.917 bits per heavy atom. The van der Waals surface area contributed by atoms with Gasteiger partial charge >= 0.3 is 0 Å². The van der Waals surface area contributed by atoms with Gasteiger partial charge in [0.05, 0.1) is 0 Å². The summed E-state index contributed by atoms with van der Waals surface area (Å²) in [6.07, 6.45) is 10.3. The van der Waals surface area contributed by atoms with Gasteiger partial charge in [-0.05, 0) is 12.8 Å². The standard InChI is InChI=1S/C10H22N2/c11-9-7-5-3-1-2-4-6-8-10(9)12/h9-10H,1-8,11-12H2/t9-,10-/m0/s1. The van der Waals surface area contributed by atoms with E-state index in [1.807, 2.05) is 0 Å². The van der Waals surface area contributed by atoms with Crippen molar-refractivity contribution in [2.24, 2.45) is 11.5 Å². The summed E-state index contributed by atoms with van der Waals surface area (Å²) < 4.78 is 0. The van der Waals surface area contributed by atoms with Crippen LogP contribution in [0.15, 0.2) is 0 Å². The molecular weight excluding hydrogens is 148 g/mol. The summed E-state index contributed by atoms with van der Waals surface area (Å²) in [7, 11) is 0. The van der Waals surface area contributed by atoms with Gasteiger partial charge in [0.25, 0.3) is 0 Å². The Balaban J connectivity index is 2.26. The molecule has 0 aromatic carbocycles. The van der Waals surface area contributed by atoms with Crippen molar-refractivity contribution >= 4 is 0 Å². The van der Waals surface area contributed by atoms with Crippen molar-refractivity contribution in [3.63, 3.8) is 0 Å². The van der Waals surface area contributed by atoms with Crippen LogP contribution < -0.4 is 11.5 Å². The molecule has 0 aromatic heterocycles. The maximum Gasteiger partial charge on any atom is 0.0192 e. The third kappa shape index (κ3) is 3.55. The molecule has 0 amide bonds. The molecule has 2 nitrogen and oxygen atoms in total. The van der Waals surface area contributed by atoms with Crippen molar-refractivity contribution in [2.45, 2.75) is 63.5 Å². The van der Waals surface area contributed by atoms with E-state index in [1.54, 1.807) is 0 Å². The molecule has 4 N–H and O–H groups in total. The molecule has 2 atom stereocenters. The number of hydrogen-bond acceptors (Lipinski definition) is 2. The molecule has 1 aliphatic carbocycles. The summed E-state index contributed by atoms with van der Waals surface area (Å²) in [6, 6.07) is 0.506. The van der Waals surface area contributed by atoms with Crippen LogP contribution in [0.25, 0.3) is 0 Å². The molecule has 1 aliphatic rings. The summed E-state index contributed by atoms with van der Waals surface area (Å²) in [5, 5.41) is 0. The Kier molecular flexibility index (Phi) is 4.62. The Morgan fingerprint density at radius 3 is 1.33 bits per heavy atom. The maximum atomic E-state index is 5.94. The van der Waals surface area contributed by atoms with Gasteiger partial charge in [-0.15, -0.1) is 0 Å². The molecule has 1 fully saturated rings. The second-order valence-corrected chi connectivity index (χ2v) is 4.03. The van der Waals surface area contributed by atoms with Crippen molar-refractivity contribution in [1.82, 2.24) is 0 Å². The van der Waals surface area contributed by atoms with Gasteiger partial charge in [0.1, 0.15) is 0 Å². The zero-order valence-corrected chi connectivity index (χ0v) is 7.97. The molecule has 0 saturated heterocycles. The highest BCUT2D eigenvalue weighted by atomic mass is 14.8. The van der Waals surface area contributed by atoms with Crippen LogP contribution in [0.5, 0.6) is 0 Å². The SMILES string of the molecule is N[C@H]1CCCCCCCC[C@@H]1N. The average molecular weight is 170 g/mol. The zero-order valence-electron chi connectivity index (χ0n) is 7.97. The van der Waals surface area contributed by atoms with Gasteiger partial charge in [0.2, 0.25) is 0 Å². The van der Waals surface area contributed by atoms with Crippen LogP contribution in [-0.4, -0.2) is 12.1 Å². The molecule has 0 aromatic rings. The summed E-state index contributed by atoms with van der Waals surface area (Å²) >= 11 is 0. The molecule has 0 bridgehead atoms. The zero-order chi connectivity index (χ0) is 8.81. The fourth-order valence-corrected chi connectivity index (χ4v) is 1.90. The van der Waals surface area contributed by atoms with E-state index in [0.717, 1.165) is 12.8 Å². The van der Waals surface area contributed by atoms with E-state index in [0.29, 0.717) is 0 Å². The topological polar surface area (TPSA) is 52.0 Å². The van der Waals surface area contributed by atoms with Gasteiger partial charge in [-0.2, -0.15) is 0 Å². The third-order valence-electron chi connectivity index (χ3n) is 2.87. The van der Waals surface area contributed by atoms with Gasteiger partial charge in [0.15, 0.2) is 0 Å². The average Bonchev–Trinajstić information content (AvgIpc) is 2.08. The molecule has 1 saturated carbocycles. The van der Waals surface area contributed by atoms with Crippen LogP contribution in [0.2, 0.25) is 0 Å². The summed E-state index contributed by atoms with van der Waals surface area (Å²) in [5.74, 6) is 0. The second-order valence-electron chi connectivity index (χ2n) is 4.03. The Morgan fingerprint density at radius 1 is 0.583 bits per heavy atom. The first-order chi connectivity index (χ1) is 5.80. The Hall–Kier alpha value is -0.0800. The fraction of sp³-hybridized carbons (Fsp3) is 1.00. The smallest absolute Gasteiger partial charge is 0.0192 e. The summed E-state index contributed by atoms with van der Waals surface area (Å²) in [5.41, 5.74) is 11.9. The number of nitrogens with two attached hydrogens (primary N) is 2. The molecule has 1 rings (SSSR count). The van der Waals surface area contributed by atoms with Crippen LogP contribution in [0.4, 0.5) is 0 Å².